The van der Waals surface area contributed by atoms with Gasteiger partial charge in [0, 0.05) is 11.1 Å². The zero-order chi connectivity index (χ0) is 11.1. The average Bonchev–Trinajstić information content (AvgIpc) is 2.27. The molecule has 0 saturated carbocycles. The van der Waals surface area contributed by atoms with Crippen LogP contribution in [0.3, 0.4) is 0 Å². The van der Waals surface area contributed by atoms with Crippen LogP contribution in [0.15, 0.2) is 24.3 Å². The molecule has 0 unspecified atom stereocenters. The van der Waals surface area contributed by atoms with Gasteiger partial charge in [-0.25, -0.2) is 0 Å². The fraction of sp³-hybridized carbons (Fsp3) is 0.538. The largest absolute Gasteiger partial charge is 0.314 e. The molecule has 0 heterocycles. The van der Waals surface area contributed by atoms with E-state index in [1.807, 2.05) is 12.1 Å². The Morgan fingerprint density at radius 2 is 1.73 bits per heavy atom. The lowest BCUT2D eigenvalue weighted by molar-refractivity contribution is 0.488. The molecule has 15 heavy (non-hydrogen) atoms. The molecule has 0 radical (unpaired) electrons. The molecule has 0 aliphatic heterocycles. The van der Waals surface area contributed by atoms with Crippen molar-refractivity contribution in [1.29, 1.82) is 0 Å². The van der Waals surface area contributed by atoms with Gasteiger partial charge in [0.2, 0.25) is 0 Å². The molecule has 1 nitrogen and oxygen atoms in total. The second kappa shape index (κ2) is 6.86. The van der Waals surface area contributed by atoms with Gasteiger partial charge >= 0.3 is 0 Å². The molecule has 0 fully saturated rings. The van der Waals surface area contributed by atoms with E-state index in [1.165, 1.54) is 18.4 Å². The first-order valence-electron chi connectivity index (χ1n) is 5.74. The number of rotatable bonds is 6. The summed E-state index contributed by atoms with van der Waals surface area (Å²) in [5, 5.41) is 4.36. The summed E-state index contributed by atoms with van der Waals surface area (Å²) in [6, 6.07) is 8.76. The summed E-state index contributed by atoms with van der Waals surface area (Å²) in [6.07, 6.45) is 3.49. The van der Waals surface area contributed by atoms with Crippen LogP contribution < -0.4 is 5.32 Å². The molecule has 2 heteroatoms. The lowest BCUT2D eigenvalue weighted by Gasteiger charge is -2.14. The van der Waals surface area contributed by atoms with Gasteiger partial charge in [-0.05, 0) is 43.5 Å². The topological polar surface area (TPSA) is 12.0 Å². The van der Waals surface area contributed by atoms with Gasteiger partial charge in [0.25, 0.3) is 0 Å². The van der Waals surface area contributed by atoms with Gasteiger partial charge in [-0.2, -0.15) is 0 Å². The van der Waals surface area contributed by atoms with Crippen LogP contribution in [-0.4, -0.2) is 12.6 Å². The van der Waals surface area contributed by atoms with Crippen LogP contribution in [0, 0.1) is 0 Å². The van der Waals surface area contributed by atoms with Crippen molar-refractivity contribution in [3.8, 4) is 0 Å². The van der Waals surface area contributed by atoms with E-state index in [1.54, 1.807) is 0 Å². The predicted molar refractivity (Wildman–Crippen MR) is 67.5 cm³/mol. The first kappa shape index (κ1) is 12.5. The van der Waals surface area contributed by atoms with Gasteiger partial charge in [0.05, 0.1) is 0 Å². The quantitative estimate of drug-likeness (QED) is 0.779. The molecule has 0 saturated heterocycles. The summed E-state index contributed by atoms with van der Waals surface area (Å²) in [6.45, 7) is 5.50. The van der Waals surface area contributed by atoms with Crippen LogP contribution in [0.2, 0.25) is 5.02 Å². The van der Waals surface area contributed by atoms with Crippen LogP contribution >= 0.6 is 11.6 Å². The Morgan fingerprint density at radius 1 is 1.13 bits per heavy atom. The minimum atomic E-state index is 0.664. The maximum atomic E-state index is 5.83. The fourth-order valence-electron chi connectivity index (χ4n) is 1.65. The SMILES string of the molecule is CCC(CC)NCCc1ccc(Cl)cc1. The molecule has 1 rings (SSSR count). The molecule has 0 amide bonds. The fourth-order valence-corrected chi connectivity index (χ4v) is 1.78. The molecule has 0 spiro atoms. The average molecular weight is 226 g/mol. The summed E-state index contributed by atoms with van der Waals surface area (Å²) in [7, 11) is 0. The lowest BCUT2D eigenvalue weighted by atomic mass is 10.1. The van der Waals surface area contributed by atoms with E-state index in [9.17, 15) is 0 Å². The Morgan fingerprint density at radius 3 is 2.27 bits per heavy atom. The summed E-state index contributed by atoms with van der Waals surface area (Å²) < 4.78 is 0. The number of hydrogen-bond acceptors (Lipinski definition) is 1. The molecule has 1 aromatic carbocycles. The molecule has 0 atom stereocenters. The van der Waals surface area contributed by atoms with Crippen LogP contribution in [0.5, 0.6) is 0 Å². The summed E-state index contributed by atoms with van der Waals surface area (Å²) in [4.78, 5) is 0. The monoisotopic (exact) mass is 225 g/mol. The van der Waals surface area contributed by atoms with E-state index in [0.29, 0.717) is 6.04 Å². The van der Waals surface area contributed by atoms with Gasteiger partial charge in [-0.3, -0.25) is 0 Å². The predicted octanol–water partition coefficient (Wildman–Crippen LogP) is 3.66. The van der Waals surface area contributed by atoms with E-state index in [-0.39, 0.29) is 0 Å². The normalized spacial score (nSPS) is 10.9. The Hall–Kier alpha value is -0.530. The maximum Gasteiger partial charge on any atom is 0.0406 e. The summed E-state index contributed by atoms with van der Waals surface area (Å²) in [5.41, 5.74) is 1.35. The third-order valence-corrected chi connectivity index (χ3v) is 3.00. The van der Waals surface area contributed by atoms with E-state index in [0.717, 1.165) is 18.0 Å². The number of hydrogen-bond donors (Lipinski definition) is 1. The van der Waals surface area contributed by atoms with Crippen molar-refractivity contribution in [2.24, 2.45) is 0 Å². The first-order chi connectivity index (χ1) is 7.26. The van der Waals surface area contributed by atoms with E-state index in [2.05, 4.69) is 31.3 Å². The molecule has 0 bridgehead atoms. The standard InChI is InChI=1S/C13H20ClN/c1-3-13(4-2)15-10-9-11-5-7-12(14)8-6-11/h5-8,13,15H,3-4,9-10H2,1-2H3. The lowest BCUT2D eigenvalue weighted by Crippen LogP contribution is -2.29. The summed E-state index contributed by atoms with van der Waals surface area (Å²) in [5.74, 6) is 0. The van der Waals surface area contributed by atoms with Crippen molar-refractivity contribution in [2.75, 3.05) is 6.54 Å². The second-order valence-electron chi connectivity index (χ2n) is 3.84. The third kappa shape index (κ3) is 4.67. The van der Waals surface area contributed by atoms with Crippen molar-refractivity contribution in [1.82, 2.24) is 5.32 Å². The molecular formula is C13H20ClN. The molecule has 1 aromatic rings. The van der Waals surface area contributed by atoms with Crippen molar-refractivity contribution < 1.29 is 0 Å². The van der Waals surface area contributed by atoms with Crippen molar-refractivity contribution in [2.45, 2.75) is 39.2 Å². The van der Waals surface area contributed by atoms with E-state index < -0.39 is 0 Å². The Kier molecular flexibility index (Phi) is 5.74. The Labute approximate surface area is 97.8 Å². The van der Waals surface area contributed by atoms with Crippen LogP contribution in [0.25, 0.3) is 0 Å². The highest BCUT2D eigenvalue weighted by Gasteiger charge is 2.01. The van der Waals surface area contributed by atoms with Gasteiger partial charge in [-0.15, -0.1) is 0 Å². The second-order valence-corrected chi connectivity index (χ2v) is 4.28. The van der Waals surface area contributed by atoms with Gasteiger partial charge < -0.3 is 5.32 Å². The number of halogens is 1. The summed E-state index contributed by atoms with van der Waals surface area (Å²) >= 11 is 5.83. The Bertz CT molecular complexity index is 264. The van der Waals surface area contributed by atoms with Crippen molar-refractivity contribution in [3.63, 3.8) is 0 Å². The molecular weight excluding hydrogens is 206 g/mol. The highest BCUT2D eigenvalue weighted by molar-refractivity contribution is 6.30. The first-order valence-corrected chi connectivity index (χ1v) is 6.11. The highest BCUT2D eigenvalue weighted by atomic mass is 35.5. The minimum Gasteiger partial charge on any atom is -0.314 e. The van der Waals surface area contributed by atoms with Crippen molar-refractivity contribution in [3.05, 3.63) is 34.9 Å². The molecule has 0 aromatic heterocycles. The van der Waals surface area contributed by atoms with Gasteiger partial charge in [-0.1, -0.05) is 37.6 Å². The van der Waals surface area contributed by atoms with E-state index in [4.69, 9.17) is 11.6 Å². The number of benzene rings is 1. The number of nitrogens with one attached hydrogen (secondary N) is 1. The third-order valence-electron chi connectivity index (χ3n) is 2.75. The van der Waals surface area contributed by atoms with Crippen LogP contribution in [0.4, 0.5) is 0 Å². The van der Waals surface area contributed by atoms with Crippen molar-refractivity contribution >= 4 is 11.6 Å². The highest BCUT2D eigenvalue weighted by Crippen LogP contribution is 2.09. The Balaban J connectivity index is 2.28. The molecule has 0 aliphatic rings. The molecule has 0 aliphatic carbocycles. The smallest absolute Gasteiger partial charge is 0.0406 e. The van der Waals surface area contributed by atoms with Gasteiger partial charge in [0.1, 0.15) is 0 Å². The van der Waals surface area contributed by atoms with Crippen LogP contribution in [0.1, 0.15) is 32.3 Å². The maximum absolute atomic E-state index is 5.83. The zero-order valence-corrected chi connectivity index (χ0v) is 10.3. The van der Waals surface area contributed by atoms with Gasteiger partial charge in [0.15, 0.2) is 0 Å². The molecule has 84 valence electrons. The van der Waals surface area contributed by atoms with E-state index >= 15 is 0 Å². The van der Waals surface area contributed by atoms with Crippen LogP contribution in [-0.2, 0) is 6.42 Å². The minimum absolute atomic E-state index is 0.664. The zero-order valence-electron chi connectivity index (χ0n) is 9.59. The molecule has 1 N–H and O–H groups in total.